The summed E-state index contributed by atoms with van der Waals surface area (Å²) in [5.74, 6) is 1.47. The minimum Gasteiger partial charge on any atom is -0.389 e. The Kier molecular flexibility index (Phi) is 3.14. The molecule has 2 nitrogen and oxygen atoms in total. The van der Waals surface area contributed by atoms with Gasteiger partial charge >= 0.3 is 0 Å². The second-order valence-corrected chi connectivity index (χ2v) is 8.62. The fourth-order valence-electron chi connectivity index (χ4n) is 5.86. The normalized spacial score (nSPS) is 52.0. The van der Waals surface area contributed by atoms with Gasteiger partial charge in [-0.2, -0.15) is 0 Å². The number of ketones is 1. The van der Waals surface area contributed by atoms with Crippen molar-refractivity contribution in [2.24, 2.45) is 28.6 Å². The molecule has 0 unspecified atom stereocenters. The quantitative estimate of drug-likeness (QED) is 0.788. The van der Waals surface area contributed by atoms with Crippen LogP contribution in [-0.4, -0.2) is 16.5 Å². The van der Waals surface area contributed by atoms with Crippen LogP contribution in [0.2, 0.25) is 0 Å². The molecule has 0 spiro atoms. The minimum atomic E-state index is -0.557. The van der Waals surface area contributed by atoms with Crippen molar-refractivity contribution < 1.29 is 9.90 Å². The maximum atomic E-state index is 12.5. The van der Waals surface area contributed by atoms with Gasteiger partial charge in [-0.25, -0.2) is 0 Å². The maximum absolute atomic E-state index is 12.5. The molecule has 2 heteroatoms. The zero-order chi connectivity index (χ0) is 14.8. The number of carbonyl (C=O) groups excluding carboxylic acids is 1. The second kappa shape index (κ2) is 4.32. The molecule has 0 saturated heterocycles. The van der Waals surface area contributed by atoms with Gasteiger partial charge in [0.05, 0.1) is 5.60 Å². The highest BCUT2D eigenvalue weighted by atomic mass is 16.3. The van der Waals surface area contributed by atoms with Crippen molar-refractivity contribution in [3.63, 3.8) is 0 Å². The minimum absolute atomic E-state index is 0.157. The van der Waals surface area contributed by atoms with Gasteiger partial charge in [-0.15, -0.1) is 0 Å². The van der Waals surface area contributed by atoms with E-state index in [0.29, 0.717) is 17.6 Å². The third-order valence-electron chi connectivity index (χ3n) is 7.38. The van der Waals surface area contributed by atoms with Crippen LogP contribution < -0.4 is 0 Å². The highest BCUT2D eigenvalue weighted by molar-refractivity contribution is 5.85. The van der Waals surface area contributed by atoms with Crippen LogP contribution in [0.25, 0.3) is 0 Å². The van der Waals surface area contributed by atoms with E-state index in [1.165, 1.54) is 0 Å². The second-order valence-electron chi connectivity index (χ2n) is 8.62. The number of rotatable bonds is 1. The molecule has 3 saturated carbocycles. The molecule has 0 radical (unpaired) electrons. The third-order valence-corrected chi connectivity index (χ3v) is 7.38. The van der Waals surface area contributed by atoms with Crippen LogP contribution >= 0.6 is 0 Å². The van der Waals surface area contributed by atoms with Crippen LogP contribution in [0.1, 0.15) is 72.6 Å². The molecule has 1 N–H and O–H groups in total. The lowest BCUT2D eigenvalue weighted by atomic mass is 9.47. The van der Waals surface area contributed by atoms with E-state index in [0.717, 1.165) is 44.9 Å². The molecule has 5 atom stereocenters. The van der Waals surface area contributed by atoms with E-state index in [1.807, 2.05) is 0 Å². The van der Waals surface area contributed by atoms with Gasteiger partial charge in [-0.3, -0.25) is 4.79 Å². The van der Waals surface area contributed by atoms with Crippen LogP contribution in [0.3, 0.4) is 0 Å². The summed E-state index contributed by atoms with van der Waals surface area (Å²) in [6, 6.07) is 0. The molecule has 3 rings (SSSR count). The molecule has 3 aliphatic carbocycles. The first-order valence-electron chi connectivity index (χ1n) is 8.50. The van der Waals surface area contributed by atoms with Crippen molar-refractivity contribution in [1.82, 2.24) is 0 Å². The molecule has 0 aliphatic heterocycles. The number of aliphatic hydroxyl groups is 1. The zero-order valence-electron chi connectivity index (χ0n) is 13.5. The summed E-state index contributed by atoms with van der Waals surface area (Å²) in [5.41, 5.74) is -0.463. The fraction of sp³-hybridized carbons (Fsp3) is 0.944. The van der Waals surface area contributed by atoms with Gasteiger partial charge in [-0.05, 0) is 61.7 Å². The van der Waals surface area contributed by atoms with Crippen LogP contribution in [0.4, 0.5) is 0 Å². The van der Waals surface area contributed by atoms with Crippen molar-refractivity contribution in [3.05, 3.63) is 0 Å². The molecule has 0 bridgehead atoms. The summed E-state index contributed by atoms with van der Waals surface area (Å²) < 4.78 is 0. The Bertz CT molecular complexity index is 429. The number of fused-ring (bicyclic) bond motifs is 3. The monoisotopic (exact) mass is 278 g/mol. The SMILES string of the molecule is CC(C)[C@@]1(O)CC[C@]2(C)CC[C@@]3(C)C(=O)CCC[C@@H]3[C@@H]21. The topological polar surface area (TPSA) is 37.3 Å². The highest BCUT2D eigenvalue weighted by Gasteiger charge is 2.64. The Hall–Kier alpha value is -0.370. The summed E-state index contributed by atoms with van der Waals surface area (Å²) in [5, 5.41) is 11.4. The zero-order valence-corrected chi connectivity index (χ0v) is 13.5. The molecule has 3 fully saturated rings. The molecular formula is C18H30O2. The lowest BCUT2D eigenvalue weighted by Crippen LogP contribution is -2.57. The lowest BCUT2D eigenvalue weighted by molar-refractivity contribution is -0.163. The van der Waals surface area contributed by atoms with Gasteiger partial charge in [0.15, 0.2) is 0 Å². The van der Waals surface area contributed by atoms with Crippen LogP contribution in [-0.2, 0) is 4.79 Å². The van der Waals surface area contributed by atoms with E-state index >= 15 is 0 Å². The first-order valence-corrected chi connectivity index (χ1v) is 8.50. The van der Waals surface area contributed by atoms with Gasteiger partial charge in [0.25, 0.3) is 0 Å². The van der Waals surface area contributed by atoms with Crippen molar-refractivity contribution in [1.29, 1.82) is 0 Å². The number of Topliss-reactive ketones (excluding diaryl/α,β-unsaturated/α-hetero) is 1. The van der Waals surface area contributed by atoms with Gasteiger partial charge < -0.3 is 5.11 Å². The third kappa shape index (κ3) is 1.70. The molecule has 114 valence electrons. The first kappa shape index (κ1) is 14.6. The largest absolute Gasteiger partial charge is 0.389 e. The van der Waals surface area contributed by atoms with Gasteiger partial charge in [0, 0.05) is 11.8 Å². The van der Waals surface area contributed by atoms with Crippen molar-refractivity contribution in [3.8, 4) is 0 Å². The van der Waals surface area contributed by atoms with E-state index in [9.17, 15) is 9.90 Å². The molecule has 0 aromatic carbocycles. The van der Waals surface area contributed by atoms with Crippen molar-refractivity contribution in [2.45, 2.75) is 78.2 Å². The van der Waals surface area contributed by atoms with E-state index < -0.39 is 5.60 Å². The predicted molar refractivity (Wildman–Crippen MR) is 80.3 cm³/mol. The van der Waals surface area contributed by atoms with Gasteiger partial charge in [0.1, 0.15) is 5.78 Å². The Morgan fingerprint density at radius 3 is 2.45 bits per heavy atom. The molecule has 20 heavy (non-hydrogen) atoms. The summed E-state index contributed by atoms with van der Waals surface area (Å²) in [6.07, 6.45) is 7.14. The van der Waals surface area contributed by atoms with Gasteiger partial charge in [0.2, 0.25) is 0 Å². The average molecular weight is 278 g/mol. The van der Waals surface area contributed by atoms with E-state index in [4.69, 9.17) is 0 Å². The van der Waals surface area contributed by atoms with Crippen molar-refractivity contribution in [2.75, 3.05) is 0 Å². The molecule has 0 amide bonds. The average Bonchev–Trinajstić information content (AvgIpc) is 2.66. The smallest absolute Gasteiger partial charge is 0.139 e. The Labute approximate surface area is 123 Å². The maximum Gasteiger partial charge on any atom is 0.139 e. The van der Waals surface area contributed by atoms with Crippen LogP contribution in [0.5, 0.6) is 0 Å². The fourth-order valence-corrected chi connectivity index (χ4v) is 5.86. The van der Waals surface area contributed by atoms with E-state index in [1.54, 1.807) is 0 Å². The Balaban J connectivity index is 2.05. The molecular weight excluding hydrogens is 248 g/mol. The number of carbonyl (C=O) groups is 1. The Morgan fingerprint density at radius 1 is 1.15 bits per heavy atom. The molecule has 3 aliphatic rings. The summed E-state index contributed by atoms with van der Waals surface area (Å²) >= 11 is 0. The predicted octanol–water partition coefficient (Wildman–Crippen LogP) is 3.96. The summed E-state index contributed by atoms with van der Waals surface area (Å²) in [7, 11) is 0. The summed E-state index contributed by atoms with van der Waals surface area (Å²) in [4.78, 5) is 12.5. The standard InChI is InChI=1S/C18H30O2/c1-12(2)18(20)11-9-16(3)8-10-17(4)13(15(16)18)6-5-7-14(17)19/h12-13,15,20H,5-11H2,1-4H3/t13-,15+,16+,17-,18+/m1/s1. The molecule has 0 aromatic heterocycles. The summed E-state index contributed by atoms with van der Waals surface area (Å²) in [6.45, 7) is 8.87. The van der Waals surface area contributed by atoms with Crippen molar-refractivity contribution >= 4 is 5.78 Å². The molecule has 0 heterocycles. The number of hydrogen-bond donors (Lipinski definition) is 1. The lowest BCUT2D eigenvalue weighted by Gasteiger charge is -2.57. The van der Waals surface area contributed by atoms with Crippen LogP contribution in [0, 0.1) is 28.6 Å². The van der Waals surface area contributed by atoms with E-state index in [2.05, 4.69) is 27.7 Å². The highest BCUT2D eigenvalue weighted by Crippen LogP contribution is 2.66. The number of hydrogen-bond acceptors (Lipinski definition) is 2. The molecule has 0 aromatic rings. The first-order chi connectivity index (χ1) is 9.24. The van der Waals surface area contributed by atoms with Crippen LogP contribution in [0.15, 0.2) is 0 Å². The van der Waals surface area contributed by atoms with E-state index in [-0.39, 0.29) is 16.7 Å². The Morgan fingerprint density at radius 2 is 1.80 bits per heavy atom. The van der Waals surface area contributed by atoms with Gasteiger partial charge in [-0.1, -0.05) is 27.7 Å².